The van der Waals surface area contributed by atoms with Crippen LogP contribution in [0.4, 0.5) is 11.5 Å². The zero-order valence-corrected chi connectivity index (χ0v) is 19.8. The van der Waals surface area contributed by atoms with Gasteiger partial charge in [0.15, 0.2) is 5.76 Å². The van der Waals surface area contributed by atoms with Gasteiger partial charge in [-0.3, -0.25) is 14.9 Å². The molecule has 0 saturated heterocycles. The SMILES string of the molecule is CCO[C@@H]1OC(C(=O)NCCNc2ccc([N+](=O)[O-])cn2)=C[C@H](C2CCCCC2)[C@H]1CCCO. The summed E-state index contributed by atoms with van der Waals surface area (Å²) in [6.45, 7) is 3.26. The second kappa shape index (κ2) is 13.2. The third kappa shape index (κ3) is 7.14. The Morgan fingerprint density at radius 1 is 1.29 bits per heavy atom. The first-order valence-corrected chi connectivity index (χ1v) is 12.3. The summed E-state index contributed by atoms with van der Waals surface area (Å²) >= 11 is 0. The fraction of sp³-hybridized carbons (Fsp3) is 0.667. The second-order valence-electron chi connectivity index (χ2n) is 8.82. The van der Waals surface area contributed by atoms with Crippen molar-refractivity contribution in [2.75, 3.05) is 31.6 Å². The van der Waals surface area contributed by atoms with Crippen LogP contribution in [0.2, 0.25) is 0 Å². The van der Waals surface area contributed by atoms with E-state index in [1.807, 2.05) is 13.0 Å². The summed E-state index contributed by atoms with van der Waals surface area (Å²) in [6, 6.07) is 2.90. The van der Waals surface area contributed by atoms with E-state index >= 15 is 0 Å². The normalized spacial score (nSPS) is 23.0. The molecule has 188 valence electrons. The Bertz CT molecular complexity index is 825. The summed E-state index contributed by atoms with van der Waals surface area (Å²) in [6.07, 6.45) is 10.1. The van der Waals surface area contributed by atoms with Crippen molar-refractivity contribution < 1.29 is 24.3 Å². The highest BCUT2D eigenvalue weighted by molar-refractivity contribution is 5.91. The summed E-state index contributed by atoms with van der Waals surface area (Å²) in [5, 5.41) is 26.0. The highest BCUT2D eigenvalue weighted by Crippen LogP contribution is 2.42. The standard InChI is InChI=1S/C24H36N4O6/c1-2-33-24-19(9-6-14-29)20(17-7-4-3-5-8-17)15-21(34-24)23(30)26-13-12-25-22-11-10-18(16-27-22)28(31)32/h10-11,15-17,19-20,24,29H,2-9,12-14H2,1H3,(H,25,27)(H,26,30)/t19-,20-,24-/m1/s1. The number of anilines is 1. The molecule has 3 rings (SSSR count). The third-order valence-corrected chi connectivity index (χ3v) is 6.55. The molecule has 2 aliphatic rings. The Morgan fingerprint density at radius 2 is 2.09 bits per heavy atom. The average Bonchev–Trinajstić information content (AvgIpc) is 2.86. The third-order valence-electron chi connectivity index (χ3n) is 6.55. The number of hydrogen-bond donors (Lipinski definition) is 3. The van der Waals surface area contributed by atoms with Gasteiger partial charge in [-0.05, 0) is 56.6 Å². The number of nitrogens with one attached hydrogen (secondary N) is 2. The van der Waals surface area contributed by atoms with E-state index in [1.54, 1.807) is 0 Å². The number of aromatic nitrogens is 1. The lowest BCUT2D eigenvalue weighted by molar-refractivity contribution is -0.385. The molecule has 1 aliphatic carbocycles. The lowest BCUT2D eigenvalue weighted by atomic mass is 9.71. The highest BCUT2D eigenvalue weighted by Gasteiger charge is 2.40. The molecule has 0 unspecified atom stereocenters. The van der Waals surface area contributed by atoms with E-state index in [9.17, 15) is 20.0 Å². The molecule has 3 N–H and O–H groups in total. The van der Waals surface area contributed by atoms with Gasteiger partial charge in [-0.25, -0.2) is 4.98 Å². The minimum atomic E-state index is -0.503. The summed E-state index contributed by atoms with van der Waals surface area (Å²) in [5.74, 6) is 1.28. The van der Waals surface area contributed by atoms with Crippen LogP contribution in [0.1, 0.15) is 51.9 Å². The highest BCUT2D eigenvalue weighted by atomic mass is 16.7. The minimum absolute atomic E-state index is 0.0751. The van der Waals surface area contributed by atoms with Gasteiger partial charge in [-0.2, -0.15) is 0 Å². The van der Waals surface area contributed by atoms with Gasteiger partial charge < -0.3 is 25.2 Å². The maximum absolute atomic E-state index is 12.9. The quantitative estimate of drug-likeness (QED) is 0.237. The molecule has 3 atom stereocenters. The number of hydrogen-bond acceptors (Lipinski definition) is 8. The number of nitro groups is 1. The number of carbonyl (C=O) groups excluding carboxylic acids is 1. The van der Waals surface area contributed by atoms with Crippen LogP contribution >= 0.6 is 0 Å². The van der Waals surface area contributed by atoms with Crippen molar-refractivity contribution in [3.05, 3.63) is 40.3 Å². The monoisotopic (exact) mass is 476 g/mol. The maximum Gasteiger partial charge on any atom is 0.287 e. The van der Waals surface area contributed by atoms with Crippen LogP contribution in [0.25, 0.3) is 0 Å². The van der Waals surface area contributed by atoms with Crippen LogP contribution in [0.15, 0.2) is 30.2 Å². The lowest BCUT2D eigenvalue weighted by Crippen LogP contribution is -2.42. The molecule has 10 heteroatoms. The summed E-state index contributed by atoms with van der Waals surface area (Å²) < 4.78 is 11.9. The van der Waals surface area contributed by atoms with Crippen LogP contribution in [0.5, 0.6) is 0 Å². The average molecular weight is 477 g/mol. The van der Waals surface area contributed by atoms with Crippen LogP contribution in [-0.4, -0.2) is 53.5 Å². The van der Waals surface area contributed by atoms with Crippen molar-refractivity contribution in [3.8, 4) is 0 Å². The van der Waals surface area contributed by atoms with Gasteiger partial charge in [0.05, 0.1) is 4.92 Å². The Kier molecular flexibility index (Phi) is 10.1. The van der Waals surface area contributed by atoms with Crippen molar-refractivity contribution in [1.82, 2.24) is 10.3 Å². The van der Waals surface area contributed by atoms with Gasteiger partial charge in [0.1, 0.15) is 12.0 Å². The topological polar surface area (TPSA) is 136 Å². The molecular formula is C24H36N4O6. The Hall–Kier alpha value is -2.72. The Morgan fingerprint density at radius 3 is 2.74 bits per heavy atom. The molecule has 1 amide bonds. The number of rotatable bonds is 12. The largest absolute Gasteiger partial charge is 0.459 e. The van der Waals surface area contributed by atoms with E-state index in [-0.39, 0.29) is 30.0 Å². The van der Waals surface area contributed by atoms with Gasteiger partial charge >= 0.3 is 0 Å². The van der Waals surface area contributed by atoms with E-state index < -0.39 is 11.2 Å². The smallest absolute Gasteiger partial charge is 0.287 e. The van der Waals surface area contributed by atoms with Crippen molar-refractivity contribution in [2.45, 2.75) is 58.2 Å². The van der Waals surface area contributed by atoms with Crippen molar-refractivity contribution in [3.63, 3.8) is 0 Å². The van der Waals surface area contributed by atoms with E-state index in [1.165, 1.54) is 37.6 Å². The van der Waals surface area contributed by atoms with E-state index in [4.69, 9.17) is 9.47 Å². The maximum atomic E-state index is 12.9. The molecular weight excluding hydrogens is 440 g/mol. The number of pyridine rings is 1. The number of aliphatic hydroxyl groups is 1. The Balaban J connectivity index is 1.61. The molecule has 0 spiro atoms. The molecule has 1 aromatic rings. The molecule has 0 aromatic carbocycles. The predicted molar refractivity (Wildman–Crippen MR) is 127 cm³/mol. The number of carbonyl (C=O) groups is 1. The van der Waals surface area contributed by atoms with Crippen LogP contribution in [-0.2, 0) is 14.3 Å². The molecule has 1 fully saturated rings. The van der Waals surface area contributed by atoms with Gasteiger partial charge in [0.25, 0.3) is 11.6 Å². The molecule has 1 saturated carbocycles. The van der Waals surface area contributed by atoms with E-state index in [0.29, 0.717) is 43.6 Å². The molecule has 2 heterocycles. The first-order valence-electron chi connectivity index (χ1n) is 12.3. The first kappa shape index (κ1) is 25.9. The van der Waals surface area contributed by atoms with Crippen molar-refractivity contribution in [2.24, 2.45) is 17.8 Å². The lowest BCUT2D eigenvalue weighted by Gasteiger charge is -2.41. The molecule has 0 bridgehead atoms. The number of amides is 1. The molecule has 10 nitrogen and oxygen atoms in total. The molecule has 0 radical (unpaired) electrons. The summed E-state index contributed by atoms with van der Waals surface area (Å²) in [4.78, 5) is 27.1. The zero-order chi connectivity index (χ0) is 24.3. The number of ether oxygens (including phenoxy) is 2. The number of nitrogens with zero attached hydrogens (tertiary/aromatic N) is 2. The molecule has 1 aliphatic heterocycles. The van der Waals surface area contributed by atoms with E-state index in [0.717, 1.165) is 19.3 Å². The van der Waals surface area contributed by atoms with Crippen LogP contribution in [0.3, 0.4) is 0 Å². The van der Waals surface area contributed by atoms with Gasteiger partial charge in [-0.15, -0.1) is 0 Å². The molecule has 34 heavy (non-hydrogen) atoms. The van der Waals surface area contributed by atoms with Crippen molar-refractivity contribution in [1.29, 1.82) is 0 Å². The predicted octanol–water partition coefficient (Wildman–Crippen LogP) is 3.38. The number of allylic oxidation sites excluding steroid dienone is 1. The van der Waals surface area contributed by atoms with Crippen molar-refractivity contribution >= 4 is 17.4 Å². The second-order valence-corrected chi connectivity index (χ2v) is 8.82. The Labute approximate surface area is 200 Å². The van der Waals surface area contributed by atoms with Crippen LogP contribution < -0.4 is 10.6 Å². The minimum Gasteiger partial charge on any atom is -0.459 e. The van der Waals surface area contributed by atoms with Gasteiger partial charge in [0, 0.05) is 38.3 Å². The fourth-order valence-electron chi connectivity index (χ4n) is 4.90. The fourth-order valence-corrected chi connectivity index (χ4v) is 4.90. The van der Waals surface area contributed by atoms with Crippen LogP contribution in [0, 0.1) is 27.9 Å². The summed E-state index contributed by atoms with van der Waals surface area (Å²) in [5.41, 5.74) is -0.0751. The zero-order valence-electron chi connectivity index (χ0n) is 19.8. The van der Waals surface area contributed by atoms with Gasteiger partial charge in [-0.1, -0.05) is 19.3 Å². The van der Waals surface area contributed by atoms with E-state index in [2.05, 4.69) is 15.6 Å². The first-order chi connectivity index (χ1) is 16.5. The summed E-state index contributed by atoms with van der Waals surface area (Å²) in [7, 11) is 0. The molecule has 1 aromatic heterocycles. The number of aliphatic hydroxyl groups excluding tert-OH is 1. The van der Waals surface area contributed by atoms with Gasteiger partial charge in [0.2, 0.25) is 6.29 Å².